The second-order valence-corrected chi connectivity index (χ2v) is 8.03. The minimum atomic E-state index is -3.39. The van der Waals surface area contributed by atoms with Crippen LogP contribution in [0.2, 0.25) is 0 Å². The third-order valence-corrected chi connectivity index (χ3v) is 5.70. The smallest absolute Gasteiger partial charge is 0.240 e. The quantitative estimate of drug-likeness (QED) is 0.584. The zero-order chi connectivity index (χ0) is 18.0. The van der Waals surface area contributed by atoms with Gasteiger partial charge in [0.1, 0.15) is 5.82 Å². The van der Waals surface area contributed by atoms with Gasteiger partial charge in [-0.3, -0.25) is 0 Å². The molecule has 2 aromatic rings. The van der Waals surface area contributed by atoms with Crippen molar-refractivity contribution >= 4 is 10.0 Å². The maximum Gasteiger partial charge on any atom is 0.240 e. The fourth-order valence-corrected chi connectivity index (χ4v) is 3.87. The first-order valence-corrected chi connectivity index (χ1v) is 10.7. The maximum absolute atomic E-state index is 12.1. The van der Waals surface area contributed by atoms with E-state index in [1.165, 1.54) is 25.7 Å². The third-order valence-electron chi connectivity index (χ3n) is 4.23. The molecule has 0 aliphatic carbocycles. The van der Waals surface area contributed by atoms with Crippen molar-refractivity contribution in [2.24, 2.45) is 0 Å². The van der Waals surface area contributed by atoms with Crippen LogP contribution in [0.3, 0.4) is 0 Å². The lowest BCUT2D eigenvalue weighted by atomic mass is 10.1. The van der Waals surface area contributed by atoms with Crippen LogP contribution in [0, 0.1) is 0 Å². The predicted octanol–water partition coefficient (Wildman–Crippen LogP) is 3.76. The molecule has 25 heavy (non-hydrogen) atoms. The number of aryl methyl sites for hydroxylation is 2. The molecule has 0 amide bonds. The zero-order valence-corrected chi connectivity index (χ0v) is 15.8. The van der Waals surface area contributed by atoms with Crippen LogP contribution in [-0.2, 0) is 23.0 Å². The topological polar surface area (TPSA) is 64.0 Å². The molecule has 0 bridgehead atoms. The number of hydrogen-bond acceptors (Lipinski definition) is 3. The summed E-state index contributed by atoms with van der Waals surface area (Å²) >= 11 is 0. The molecule has 6 heteroatoms. The van der Waals surface area contributed by atoms with E-state index < -0.39 is 10.0 Å². The van der Waals surface area contributed by atoms with Crippen LogP contribution in [0.4, 0.5) is 0 Å². The third kappa shape index (κ3) is 6.63. The zero-order valence-electron chi connectivity index (χ0n) is 15.0. The number of aromatic nitrogens is 2. The largest absolute Gasteiger partial charge is 0.335 e. The predicted molar refractivity (Wildman–Crippen MR) is 101 cm³/mol. The summed E-state index contributed by atoms with van der Waals surface area (Å²) in [4.78, 5) is 4.76. The summed E-state index contributed by atoms with van der Waals surface area (Å²) in [6, 6.07) is 8.49. The van der Waals surface area contributed by atoms with Gasteiger partial charge in [-0.25, -0.2) is 18.1 Å². The highest BCUT2D eigenvalue weighted by atomic mass is 32.2. The van der Waals surface area contributed by atoms with Crippen LogP contribution < -0.4 is 4.72 Å². The molecule has 1 N–H and O–H groups in total. The Kier molecular flexibility index (Phi) is 8.15. The standard InChI is InChI=1S/C19H29N3O2S/c1-2-3-4-8-13-19-20-15-17-22(19)16-10-9-14-21-25(23,24)18-11-6-5-7-12-18/h5-7,11-12,15,17,21H,2-4,8-10,13-14,16H2,1H3. The van der Waals surface area contributed by atoms with E-state index in [1.54, 1.807) is 24.3 Å². The van der Waals surface area contributed by atoms with Crippen molar-refractivity contribution in [3.63, 3.8) is 0 Å². The lowest BCUT2D eigenvalue weighted by molar-refractivity contribution is 0.553. The average molecular weight is 364 g/mol. The Morgan fingerprint density at radius 3 is 2.60 bits per heavy atom. The molecule has 0 atom stereocenters. The molecule has 1 aromatic carbocycles. The summed E-state index contributed by atoms with van der Waals surface area (Å²) in [5, 5.41) is 0. The number of nitrogens with one attached hydrogen (secondary N) is 1. The summed E-state index contributed by atoms with van der Waals surface area (Å²) in [6.07, 6.45) is 11.6. The number of nitrogens with zero attached hydrogens (tertiary/aromatic N) is 2. The highest BCUT2D eigenvalue weighted by molar-refractivity contribution is 7.89. The van der Waals surface area contributed by atoms with E-state index in [0.717, 1.165) is 31.6 Å². The van der Waals surface area contributed by atoms with Gasteiger partial charge in [0, 0.05) is 31.9 Å². The van der Waals surface area contributed by atoms with Gasteiger partial charge in [-0.2, -0.15) is 0 Å². The highest BCUT2D eigenvalue weighted by Crippen LogP contribution is 2.09. The molecule has 1 heterocycles. The van der Waals surface area contributed by atoms with Gasteiger partial charge in [-0.15, -0.1) is 0 Å². The van der Waals surface area contributed by atoms with Crippen molar-refractivity contribution in [3.05, 3.63) is 48.5 Å². The molecule has 0 saturated carbocycles. The lowest BCUT2D eigenvalue weighted by Crippen LogP contribution is -2.25. The fraction of sp³-hybridized carbons (Fsp3) is 0.526. The van der Waals surface area contributed by atoms with Gasteiger partial charge >= 0.3 is 0 Å². The summed E-state index contributed by atoms with van der Waals surface area (Å²) in [5.41, 5.74) is 0. The monoisotopic (exact) mass is 363 g/mol. The van der Waals surface area contributed by atoms with Gasteiger partial charge in [0.25, 0.3) is 0 Å². The van der Waals surface area contributed by atoms with E-state index in [-0.39, 0.29) is 0 Å². The van der Waals surface area contributed by atoms with E-state index in [2.05, 4.69) is 21.2 Å². The molecule has 0 fully saturated rings. The molecule has 0 aliphatic rings. The second kappa shape index (κ2) is 10.4. The molecule has 0 radical (unpaired) electrons. The number of imidazole rings is 1. The molecule has 0 saturated heterocycles. The molecule has 0 spiro atoms. The normalized spacial score (nSPS) is 11.7. The van der Waals surface area contributed by atoms with E-state index in [4.69, 9.17) is 0 Å². The minimum Gasteiger partial charge on any atom is -0.335 e. The van der Waals surface area contributed by atoms with Crippen molar-refractivity contribution in [2.45, 2.75) is 63.3 Å². The Balaban J connectivity index is 1.69. The first-order chi connectivity index (χ1) is 12.1. The number of benzene rings is 1. The van der Waals surface area contributed by atoms with Crippen LogP contribution >= 0.6 is 0 Å². The van der Waals surface area contributed by atoms with Crippen molar-refractivity contribution < 1.29 is 8.42 Å². The van der Waals surface area contributed by atoms with Crippen LogP contribution in [0.25, 0.3) is 0 Å². The van der Waals surface area contributed by atoms with Crippen LogP contribution in [0.1, 0.15) is 51.3 Å². The van der Waals surface area contributed by atoms with E-state index in [9.17, 15) is 8.42 Å². The van der Waals surface area contributed by atoms with E-state index >= 15 is 0 Å². The molecule has 0 unspecified atom stereocenters. The van der Waals surface area contributed by atoms with Gasteiger partial charge in [-0.05, 0) is 31.4 Å². The maximum atomic E-state index is 12.1. The Labute approximate surface area is 151 Å². The number of sulfonamides is 1. The number of rotatable bonds is 12. The first kappa shape index (κ1) is 19.7. The van der Waals surface area contributed by atoms with Crippen LogP contribution in [-0.4, -0.2) is 24.5 Å². The van der Waals surface area contributed by atoms with Crippen LogP contribution in [0.15, 0.2) is 47.6 Å². The average Bonchev–Trinajstić information content (AvgIpc) is 3.06. The molecule has 2 rings (SSSR count). The molecule has 0 aliphatic heterocycles. The van der Waals surface area contributed by atoms with Gasteiger partial charge in [0.2, 0.25) is 10.0 Å². The molecule has 1 aromatic heterocycles. The molecule has 5 nitrogen and oxygen atoms in total. The molecular formula is C19H29N3O2S. The first-order valence-electron chi connectivity index (χ1n) is 9.18. The Hall–Kier alpha value is -1.66. The SMILES string of the molecule is CCCCCCc1nccn1CCCCNS(=O)(=O)c1ccccc1. The fourth-order valence-electron chi connectivity index (χ4n) is 2.78. The number of hydrogen-bond donors (Lipinski definition) is 1. The van der Waals surface area contributed by atoms with Crippen molar-refractivity contribution in [2.75, 3.05) is 6.54 Å². The Morgan fingerprint density at radius 2 is 1.84 bits per heavy atom. The minimum absolute atomic E-state index is 0.318. The van der Waals surface area contributed by atoms with Crippen molar-refractivity contribution in [1.29, 1.82) is 0 Å². The van der Waals surface area contributed by atoms with Gasteiger partial charge in [0.05, 0.1) is 4.90 Å². The summed E-state index contributed by atoms with van der Waals surface area (Å²) in [7, 11) is -3.39. The number of unbranched alkanes of at least 4 members (excludes halogenated alkanes) is 4. The molecular weight excluding hydrogens is 334 g/mol. The summed E-state index contributed by atoms with van der Waals surface area (Å²) < 4.78 is 29.1. The summed E-state index contributed by atoms with van der Waals surface area (Å²) in [5.74, 6) is 1.14. The molecule has 138 valence electrons. The van der Waals surface area contributed by atoms with Crippen molar-refractivity contribution in [3.8, 4) is 0 Å². The van der Waals surface area contributed by atoms with E-state index in [0.29, 0.717) is 11.4 Å². The Morgan fingerprint density at radius 1 is 1.04 bits per heavy atom. The second-order valence-electron chi connectivity index (χ2n) is 6.27. The van der Waals surface area contributed by atoms with E-state index in [1.807, 2.05) is 18.5 Å². The Bertz CT molecular complexity index is 711. The van der Waals surface area contributed by atoms with Gasteiger partial charge < -0.3 is 4.57 Å². The lowest BCUT2D eigenvalue weighted by Gasteiger charge is -2.09. The highest BCUT2D eigenvalue weighted by Gasteiger charge is 2.11. The van der Waals surface area contributed by atoms with Crippen molar-refractivity contribution in [1.82, 2.24) is 14.3 Å². The summed E-state index contributed by atoms with van der Waals surface area (Å²) in [6.45, 7) is 3.56. The van der Waals surface area contributed by atoms with Gasteiger partial charge in [-0.1, -0.05) is 44.4 Å². The van der Waals surface area contributed by atoms with Gasteiger partial charge in [0.15, 0.2) is 0 Å². The van der Waals surface area contributed by atoms with Crippen LogP contribution in [0.5, 0.6) is 0 Å².